The average Bonchev–Trinajstić information content (AvgIpc) is 2.52. The molecule has 2 fully saturated rings. The Morgan fingerprint density at radius 3 is 2.80 bits per heavy atom. The molecular weight excluding hydrogens is 248 g/mol. The molecule has 0 atom stereocenters. The minimum Gasteiger partial charge on any atom is -0.369 e. The lowest BCUT2D eigenvalue weighted by atomic mass is 9.52. The Bertz CT molecular complexity index is 528. The summed E-state index contributed by atoms with van der Waals surface area (Å²) in [5.74, 6) is 0.906. The van der Waals surface area contributed by atoms with E-state index in [2.05, 4.69) is 16.3 Å². The summed E-state index contributed by atoms with van der Waals surface area (Å²) in [6.45, 7) is 2.81. The number of fused-ring (bicyclic) bond motifs is 1. The molecule has 20 heavy (non-hydrogen) atoms. The van der Waals surface area contributed by atoms with Crippen molar-refractivity contribution in [1.82, 2.24) is 5.32 Å². The molecular formula is C17H22N2O. The molecule has 3 heteroatoms. The van der Waals surface area contributed by atoms with Gasteiger partial charge >= 0.3 is 0 Å². The number of carbonyl (C=O) groups excluding carboxylic acids is 1. The van der Waals surface area contributed by atoms with Crippen LogP contribution in [0.25, 0.3) is 0 Å². The third-order valence-corrected chi connectivity index (χ3v) is 5.49. The molecule has 0 radical (unpaired) electrons. The van der Waals surface area contributed by atoms with Gasteiger partial charge in [0.15, 0.2) is 0 Å². The molecule has 0 aromatic heterocycles. The van der Waals surface area contributed by atoms with Crippen molar-refractivity contribution in [3.05, 3.63) is 29.8 Å². The lowest BCUT2D eigenvalue weighted by Gasteiger charge is -2.55. The van der Waals surface area contributed by atoms with Crippen molar-refractivity contribution < 1.29 is 4.79 Å². The molecule has 1 N–H and O–H groups in total. The van der Waals surface area contributed by atoms with Gasteiger partial charge in [-0.3, -0.25) is 4.79 Å². The first-order chi connectivity index (χ1) is 9.76. The molecule has 3 nitrogen and oxygen atoms in total. The zero-order chi connectivity index (χ0) is 13.6. The second-order valence-electron chi connectivity index (χ2n) is 6.85. The van der Waals surface area contributed by atoms with Gasteiger partial charge in [-0.25, -0.2) is 0 Å². The van der Waals surface area contributed by atoms with E-state index < -0.39 is 0 Å². The largest absolute Gasteiger partial charge is 0.369 e. The highest BCUT2D eigenvalue weighted by Gasteiger charge is 2.48. The van der Waals surface area contributed by atoms with E-state index in [0.717, 1.165) is 42.2 Å². The maximum atomic E-state index is 12.0. The van der Waals surface area contributed by atoms with E-state index in [4.69, 9.17) is 0 Å². The van der Waals surface area contributed by atoms with Crippen molar-refractivity contribution >= 4 is 11.6 Å². The number of benzene rings is 1. The van der Waals surface area contributed by atoms with Crippen molar-refractivity contribution in [3.8, 4) is 0 Å². The van der Waals surface area contributed by atoms with Gasteiger partial charge in [0.05, 0.1) is 5.56 Å². The molecule has 1 aliphatic heterocycles. The molecule has 0 unspecified atom stereocenters. The van der Waals surface area contributed by atoms with Crippen LogP contribution < -0.4 is 10.2 Å². The van der Waals surface area contributed by atoms with Crippen molar-refractivity contribution in [2.45, 2.75) is 32.1 Å². The van der Waals surface area contributed by atoms with Crippen molar-refractivity contribution in [3.63, 3.8) is 0 Å². The Balaban J connectivity index is 1.50. The summed E-state index contributed by atoms with van der Waals surface area (Å²) in [5, 5.41) is 3.00. The smallest absolute Gasteiger partial charge is 0.253 e. The fourth-order valence-corrected chi connectivity index (χ4v) is 4.34. The van der Waals surface area contributed by atoms with Gasteiger partial charge in [0.25, 0.3) is 5.91 Å². The zero-order valence-corrected chi connectivity index (χ0v) is 11.9. The number of nitrogens with zero attached hydrogens (tertiary/aromatic N) is 1. The van der Waals surface area contributed by atoms with E-state index in [1.165, 1.54) is 32.1 Å². The molecule has 1 spiro atoms. The molecule has 1 amide bonds. The van der Waals surface area contributed by atoms with E-state index >= 15 is 0 Å². The van der Waals surface area contributed by atoms with Crippen LogP contribution >= 0.6 is 0 Å². The number of anilines is 1. The van der Waals surface area contributed by atoms with Crippen LogP contribution in [0.15, 0.2) is 24.3 Å². The number of hydrogen-bond donors (Lipinski definition) is 1. The molecule has 2 aliphatic carbocycles. The second kappa shape index (κ2) is 4.51. The first kappa shape index (κ1) is 12.2. The minimum absolute atomic E-state index is 0.0761. The number of nitrogens with one attached hydrogen (secondary N) is 1. The Hall–Kier alpha value is -1.51. The number of rotatable bonds is 2. The molecule has 1 heterocycles. The lowest BCUT2D eigenvalue weighted by molar-refractivity contribution is -0.0208. The third kappa shape index (κ3) is 1.91. The fourth-order valence-electron chi connectivity index (χ4n) is 4.34. The third-order valence-electron chi connectivity index (χ3n) is 5.49. The molecule has 0 bridgehead atoms. The van der Waals surface area contributed by atoms with Crippen LogP contribution in [0.5, 0.6) is 0 Å². The fraction of sp³-hybridized carbons (Fsp3) is 0.588. The van der Waals surface area contributed by atoms with E-state index in [-0.39, 0.29) is 5.91 Å². The summed E-state index contributed by atoms with van der Waals surface area (Å²) in [6.07, 6.45) is 7.18. The standard InChI is InChI=1S/C17H22N2O/c20-16-14-4-1-2-5-15(14)19(9-8-18-16)12-13-10-17(11-13)6-3-7-17/h1-2,4-5,13H,3,6-12H2,(H,18,20). The summed E-state index contributed by atoms with van der Waals surface area (Å²) < 4.78 is 0. The monoisotopic (exact) mass is 270 g/mol. The Morgan fingerprint density at radius 2 is 2.05 bits per heavy atom. The highest BCUT2D eigenvalue weighted by atomic mass is 16.1. The topological polar surface area (TPSA) is 32.3 Å². The van der Waals surface area contributed by atoms with Gasteiger partial charge < -0.3 is 10.2 Å². The average molecular weight is 270 g/mol. The highest BCUT2D eigenvalue weighted by Crippen LogP contribution is 2.58. The van der Waals surface area contributed by atoms with Crippen LogP contribution in [0, 0.1) is 11.3 Å². The van der Waals surface area contributed by atoms with Crippen molar-refractivity contribution in [1.29, 1.82) is 0 Å². The van der Waals surface area contributed by atoms with Gasteiger partial charge in [0, 0.05) is 25.3 Å². The highest BCUT2D eigenvalue weighted by molar-refractivity contribution is 6.00. The molecule has 0 saturated heterocycles. The lowest BCUT2D eigenvalue weighted by Crippen LogP contribution is -2.47. The molecule has 2 saturated carbocycles. The predicted octanol–water partition coefficient (Wildman–Crippen LogP) is 2.82. The van der Waals surface area contributed by atoms with Crippen LogP contribution in [-0.4, -0.2) is 25.5 Å². The Kier molecular flexibility index (Phi) is 2.76. The molecule has 1 aromatic rings. The van der Waals surface area contributed by atoms with Gasteiger partial charge in [0.2, 0.25) is 0 Å². The van der Waals surface area contributed by atoms with Crippen LogP contribution in [0.2, 0.25) is 0 Å². The van der Waals surface area contributed by atoms with E-state index in [1.54, 1.807) is 0 Å². The molecule has 106 valence electrons. The van der Waals surface area contributed by atoms with Crippen molar-refractivity contribution in [2.75, 3.05) is 24.5 Å². The Morgan fingerprint density at radius 1 is 1.25 bits per heavy atom. The zero-order valence-electron chi connectivity index (χ0n) is 11.9. The summed E-state index contributed by atoms with van der Waals surface area (Å²) in [5.41, 5.74) is 2.70. The molecule has 4 rings (SSSR count). The SMILES string of the molecule is O=C1NCCN(CC2CC3(CCC3)C2)c2ccccc21. The van der Waals surface area contributed by atoms with Gasteiger partial charge in [-0.05, 0) is 49.1 Å². The summed E-state index contributed by atoms with van der Waals surface area (Å²) in [6, 6.07) is 8.03. The maximum absolute atomic E-state index is 12.0. The summed E-state index contributed by atoms with van der Waals surface area (Å²) >= 11 is 0. The van der Waals surface area contributed by atoms with Crippen LogP contribution in [0.3, 0.4) is 0 Å². The quantitative estimate of drug-likeness (QED) is 0.896. The molecule has 3 aliphatic rings. The van der Waals surface area contributed by atoms with E-state index in [9.17, 15) is 4.79 Å². The number of carbonyl (C=O) groups is 1. The minimum atomic E-state index is 0.0761. The second-order valence-corrected chi connectivity index (χ2v) is 6.85. The van der Waals surface area contributed by atoms with Crippen LogP contribution in [0.4, 0.5) is 5.69 Å². The summed E-state index contributed by atoms with van der Waals surface area (Å²) in [7, 11) is 0. The number of hydrogen-bond acceptors (Lipinski definition) is 2. The van der Waals surface area contributed by atoms with Gasteiger partial charge in [-0.15, -0.1) is 0 Å². The summed E-state index contributed by atoms with van der Waals surface area (Å²) in [4.78, 5) is 14.5. The van der Waals surface area contributed by atoms with E-state index in [1.807, 2.05) is 18.2 Å². The maximum Gasteiger partial charge on any atom is 0.253 e. The van der Waals surface area contributed by atoms with Crippen molar-refractivity contribution in [2.24, 2.45) is 11.3 Å². The Labute approximate surface area is 120 Å². The van der Waals surface area contributed by atoms with Gasteiger partial charge in [-0.1, -0.05) is 18.6 Å². The van der Waals surface area contributed by atoms with Gasteiger partial charge in [0.1, 0.15) is 0 Å². The normalized spacial score (nSPS) is 24.4. The predicted molar refractivity (Wildman–Crippen MR) is 80.0 cm³/mol. The number of para-hydroxylation sites is 1. The molecule has 1 aromatic carbocycles. The van der Waals surface area contributed by atoms with E-state index in [0.29, 0.717) is 0 Å². The first-order valence-corrected chi connectivity index (χ1v) is 7.88. The number of amides is 1. The van der Waals surface area contributed by atoms with Crippen LogP contribution in [0.1, 0.15) is 42.5 Å². The van der Waals surface area contributed by atoms with Gasteiger partial charge in [-0.2, -0.15) is 0 Å². The first-order valence-electron chi connectivity index (χ1n) is 7.88. The van der Waals surface area contributed by atoms with Crippen LogP contribution in [-0.2, 0) is 0 Å².